The van der Waals surface area contributed by atoms with Crippen molar-refractivity contribution in [1.29, 1.82) is 0 Å². The number of rotatable bonds is 7. The van der Waals surface area contributed by atoms with Crippen molar-refractivity contribution >= 4 is 16.7 Å². The first-order valence-electron chi connectivity index (χ1n) is 4.97. The molecule has 0 aromatic rings. The number of nitrogens with two attached hydrogens (primary N) is 1. The minimum Gasteiger partial charge on any atom is -0.355 e. The molecule has 0 aliphatic heterocycles. The summed E-state index contributed by atoms with van der Waals surface area (Å²) in [7, 11) is -1.12. The monoisotopic (exact) mass is 220 g/mol. The first-order chi connectivity index (χ1) is 6.60. The van der Waals surface area contributed by atoms with Crippen LogP contribution in [0, 0.1) is 0 Å². The van der Waals surface area contributed by atoms with E-state index in [4.69, 9.17) is 5.73 Å². The zero-order chi connectivity index (χ0) is 11.0. The van der Waals surface area contributed by atoms with Crippen LogP contribution >= 0.6 is 0 Å². The second-order valence-corrected chi connectivity index (χ2v) is 4.77. The predicted octanol–water partition coefficient (Wildman–Crippen LogP) is -0.00140. The Morgan fingerprint density at radius 2 is 2.14 bits per heavy atom. The Morgan fingerprint density at radius 1 is 1.50 bits per heavy atom. The fourth-order valence-electron chi connectivity index (χ4n) is 0.877. The lowest BCUT2D eigenvalue weighted by Gasteiger charge is -2.08. The molecule has 0 bridgehead atoms. The lowest BCUT2D eigenvalue weighted by molar-refractivity contribution is -0.118. The minimum absolute atomic E-state index is 0.0604. The van der Waals surface area contributed by atoms with Gasteiger partial charge in [-0.05, 0) is 12.8 Å². The fraction of sp³-hybridized carbons (Fsp3) is 0.889. The maximum absolute atomic E-state index is 11.4. The van der Waals surface area contributed by atoms with Gasteiger partial charge in [0.2, 0.25) is 5.91 Å². The molecular formula is C9H20N2O2S. The number of hydrogen-bond donors (Lipinski definition) is 2. The molecule has 14 heavy (non-hydrogen) atoms. The normalized spacial score (nSPS) is 14.8. The number of amides is 1. The molecule has 2 unspecified atom stereocenters. The van der Waals surface area contributed by atoms with Crippen LogP contribution in [0.15, 0.2) is 0 Å². The van der Waals surface area contributed by atoms with Crippen molar-refractivity contribution < 1.29 is 9.00 Å². The third-order valence-corrected chi connectivity index (χ3v) is 3.17. The van der Waals surface area contributed by atoms with E-state index in [0.29, 0.717) is 12.3 Å². The Kier molecular flexibility index (Phi) is 7.70. The highest BCUT2D eigenvalue weighted by molar-refractivity contribution is 7.85. The number of carbonyl (C=O) groups is 1. The fourth-order valence-corrected chi connectivity index (χ4v) is 2.10. The molecule has 1 amide bonds. The molecule has 5 heteroatoms. The van der Waals surface area contributed by atoms with E-state index < -0.39 is 10.8 Å². The molecule has 0 saturated heterocycles. The van der Waals surface area contributed by atoms with Crippen LogP contribution in [0.25, 0.3) is 0 Å². The van der Waals surface area contributed by atoms with E-state index in [1.165, 1.54) is 0 Å². The SMILES string of the molecule is CCCNC(=O)CS(=O)CC(N)CC. The van der Waals surface area contributed by atoms with Crippen molar-refractivity contribution in [3.8, 4) is 0 Å². The summed E-state index contributed by atoms with van der Waals surface area (Å²) < 4.78 is 11.4. The molecule has 4 nitrogen and oxygen atoms in total. The molecule has 0 aromatic heterocycles. The quantitative estimate of drug-likeness (QED) is 0.634. The van der Waals surface area contributed by atoms with Gasteiger partial charge in [-0.1, -0.05) is 13.8 Å². The maximum Gasteiger partial charge on any atom is 0.232 e. The summed E-state index contributed by atoms with van der Waals surface area (Å²) in [6.45, 7) is 4.57. The summed E-state index contributed by atoms with van der Waals surface area (Å²) >= 11 is 0. The second kappa shape index (κ2) is 7.94. The highest BCUT2D eigenvalue weighted by Gasteiger charge is 2.10. The summed E-state index contributed by atoms with van der Waals surface area (Å²) in [6.07, 6.45) is 1.69. The van der Waals surface area contributed by atoms with Gasteiger partial charge in [0.25, 0.3) is 0 Å². The molecule has 0 spiro atoms. The molecule has 0 aliphatic carbocycles. The van der Waals surface area contributed by atoms with Gasteiger partial charge in [0.1, 0.15) is 5.75 Å². The molecule has 84 valence electrons. The van der Waals surface area contributed by atoms with E-state index in [0.717, 1.165) is 12.8 Å². The molecule has 0 saturated carbocycles. The van der Waals surface area contributed by atoms with Crippen molar-refractivity contribution in [2.45, 2.75) is 32.7 Å². The van der Waals surface area contributed by atoms with Crippen molar-refractivity contribution in [3.63, 3.8) is 0 Å². The van der Waals surface area contributed by atoms with Gasteiger partial charge in [0, 0.05) is 29.1 Å². The van der Waals surface area contributed by atoms with Crippen LogP contribution in [0.2, 0.25) is 0 Å². The average molecular weight is 220 g/mol. The first kappa shape index (κ1) is 13.6. The van der Waals surface area contributed by atoms with Crippen LogP contribution in [0.1, 0.15) is 26.7 Å². The Balaban J connectivity index is 3.66. The molecule has 0 rings (SSSR count). The molecular weight excluding hydrogens is 200 g/mol. The van der Waals surface area contributed by atoms with Crippen molar-refractivity contribution in [2.75, 3.05) is 18.1 Å². The molecule has 0 aromatic carbocycles. The van der Waals surface area contributed by atoms with E-state index in [2.05, 4.69) is 5.32 Å². The number of carbonyl (C=O) groups excluding carboxylic acids is 1. The van der Waals surface area contributed by atoms with Gasteiger partial charge in [0.15, 0.2) is 0 Å². The molecule has 3 N–H and O–H groups in total. The Bertz CT molecular complexity index is 197. The Labute approximate surface area is 88.1 Å². The topological polar surface area (TPSA) is 72.2 Å². The molecule has 0 fully saturated rings. The van der Waals surface area contributed by atoms with Gasteiger partial charge in [-0.15, -0.1) is 0 Å². The van der Waals surface area contributed by atoms with Crippen LogP contribution < -0.4 is 11.1 Å². The Morgan fingerprint density at radius 3 is 2.64 bits per heavy atom. The Hall–Kier alpha value is -0.420. The third-order valence-electron chi connectivity index (χ3n) is 1.79. The van der Waals surface area contributed by atoms with E-state index >= 15 is 0 Å². The molecule has 0 aliphatic rings. The maximum atomic E-state index is 11.4. The highest BCUT2D eigenvalue weighted by Crippen LogP contribution is 1.91. The van der Waals surface area contributed by atoms with Gasteiger partial charge in [-0.2, -0.15) is 0 Å². The third kappa shape index (κ3) is 7.03. The first-order valence-corrected chi connectivity index (χ1v) is 6.46. The van der Waals surface area contributed by atoms with E-state index in [1.807, 2.05) is 13.8 Å². The zero-order valence-electron chi connectivity index (χ0n) is 8.91. The molecule has 0 radical (unpaired) electrons. The van der Waals surface area contributed by atoms with Gasteiger partial charge in [-0.25, -0.2) is 0 Å². The van der Waals surface area contributed by atoms with Crippen LogP contribution in [-0.4, -0.2) is 34.2 Å². The van der Waals surface area contributed by atoms with Gasteiger partial charge >= 0.3 is 0 Å². The summed E-state index contributed by atoms with van der Waals surface area (Å²) in [6, 6.07) is -0.0604. The smallest absolute Gasteiger partial charge is 0.232 e. The van der Waals surface area contributed by atoms with E-state index in [1.54, 1.807) is 0 Å². The van der Waals surface area contributed by atoms with Crippen LogP contribution in [-0.2, 0) is 15.6 Å². The minimum atomic E-state index is -1.12. The molecule has 2 atom stereocenters. The number of hydrogen-bond acceptors (Lipinski definition) is 3. The van der Waals surface area contributed by atoms with Crippen LogP contribution in [0.3, 0.4) is 0 Å². The largest absolute Gasteiger partial charge is 0.355 e. The van der Waals surface area contributed by atoms with Crippen molar-refractivity contribution in [3.05, 3.63) is 0 Å². The van der Waals surface area contributed by atoms with Crippen molar-refractivity contribution in [2.24, 2.45) is 5.73 Å². The van der Waals surface area contributed by atoms with E-state index in [-0.39, 0.29) is 17.7 Å². The summed E-state index contributed by atoms with van der Waals surface area (Å²) in [5.74, 6) is 0.345. The summed E-state index contributed by atoms with van der Waals surface area (Å²) in [5, 5.41) is 2.68. The summed E-state index contributed by atoms with van der Waals surface area (Å²) in [5.41, 5.74) is 5.62. The zero-order valence-corrected chi connectivity index (χ0v) is 9.73. The number of nitrogens with one attached hydrogen (secondary N) is 1. The van der Waals surface area contributed by atoms with Crippen LogP contribution in [0.4, 0.5) is 0 Å². The highest BCUT2D eigenvalue weighted by atomic mass is 32.2. The standard InChI is InChI=1S/C9H20N2O2S/c1-3-5-11-9(12)7-14(13)6-8(10)4-2/h8H,3-7,10H2,1-2H3,(H,11,12). The van der Waals surface area contributed by atoms with Gasteiger partial charge in [-0.3, -0.25) is 9.00 Å². The average Bonchev–Trinajstić information content (AvgIpc) is 2.14. The van der Waals surface area contributed by atoms with Gasteiger partial charge in [0.05, 0.1) is 0 Å². The molecule has 0 heterocycles. The van der Waals surface area contributed by atoms with Gasteiger partial charge < -0.3 is 11.1 Å². The van der Waals surface area contributed by atoms with Crippen LogP contribution in [0.5, 0.6) is 0 Å². The lowest BCUT2D eigenvalue weighted by Crippen LogP contribution is -2.33. The second-order valence-electron chi connectivity index (χ2n) is 3.27. The predicted molar refractivity (Wildman–Crippen MR) is 59.4 cm³/mol. The van der Waals surface area contributed by atoms with E-state index in [9.17, 15) is 9.00 Å². The lowest BCUT2D eigenvalue weighted by atomic mass is 10.3. The summed E-state index contributed by atoms with van der Waals surface area (Å²) in [4.78, 5) is 11.1. The van der Waals surface area contributed by atoms with Crippen molar-refractivity contribution in [1.82, 2.24) is 5.32 Å².